The lowest BCUT2D eigenvalue weighted by molar-refractivity contribution is 0.469. The Hall–Kier alpha value is -1.33. The number of halogens is 2. The molecule has 7 heteroatoms. The Morgan fingerprint density at radius 2 is 2.11 bits per heavy atom. The van der Waals surface area contributed by atoms with E-state index in [1.807, 2.05) is 6.92 Å². The fourth-order valence-corrected chi connectivity index (χ4v) is 2.03. The summed E-state index contributed by atoms with van der Waals surface area (Å²) in [6, 6.07) is 3.50. The van der Waals surface area contributed by atoms with Gasteiger partial charge in [0.1, 0.15) is 0 Å². The number of anilines is 1. The summed E-state index contributed by atoms with van der Waals surface area (Å²) < 4.78 is 1.72. The highest BCUT2D eigenvalue weighted by atomic mass is 35.5. The summed E-state index contributed by atoms with van der Waals surface area (Å²) in [7, 11) is 0. The third-order valence-corrected chi connectivity index (χ3v) is 3.59. The molecule has 5 nitrogen and oxygen atoms in total. The second-order valence-corrected chi connectivity index (χ2v) is 4.85. The summed E-state index contributed by atoms with van der Waals surface area (Å²) in [5.74, 6) is 0.573. The number of nitrogen functional groups attached to an aromatic ring is 1. The molecule has 18 heavy (non-hydrogen) atoms. The van der Waals surface area contributed by atoms with Gasteiger partial charge in [-0.2, -0.15) is 0 Å². The number of nitrogens with two attached hydrogens (primary N) is 1. The van der Waals surface area contributed by atoms with Gasteiger partial charge in [0.25, 0.3) is 0 Å². The molecule has 1 heterocycles. The zero-order valence-electron chi connectivity index (χ0n) is 10.1. The molecule has 0 radical (unpaired) electrons. The monoisotopic (exact) mass is 285 g/mol. The topological polar surface area (TPSA) is 69.6 Å². The van der Waals surface area contributed by atoms with Gasteiger partial charge in [0.05, 0.1) is 16.1 Å². The number of benzene rings is 1. The van der Waals surface area contributed by atoms with Crippen LogP contribution in [0.1, 0.15) is 26.3 Å². The predicted molar refractivity (Wildman–Crippen MR) is 72.7 cm³/mol. The van der Waals surface area contributed by atoms with Crippen molar-refractivity contribution in [3.63, 3.8) is 0 Å². The van der Waals surface area contributed by atoms with Crippen molar-refractivity contribution in [1.82, 2.24) is 20.2 Å². The largest absolute Gasteiger partial charge is 0.399 e. The van der Waals surface area contributed by atoms with E-state index in [9.17, 15) is 0 Å². The van der Waals surface area contributed by atoms with Crippen molar-refractivity contribution < 1.29 is 0 Å². The molecule has 0 amide bonds. The van der Waals surface area contributed by atoms with Gasteiger partial charge in [-0.1, -0.05) is 30.1 Å². The van der Waals surface area contributed by atoms with Crippen molar-refractivity contribution >= 4 is 28.9 Å². The minimum Gasteiger partial charge on any atom is -0.399 e. The lowest BCUT2D eigenvalue weighted by atomic mass is 10.1. The lowest BCUT2D eigenvalue weighted by Crippen LogP contribution is -2.08. The maximum atomic E-state index is 6.18. The van der Waals surface area contributed by atoms with Crippen LogP contribution in [0.3, 0.4) is 0 Å². The van der Waals surface area contributed by atoms with Gasteiger partial charge in [-0.25, -0.2) is 4.68 Å². The molecule has 1 aromatic heterocycles. The van der Waals surface area contributed by atoms with E-state index in [1.54, 1.807) is 16.8 Å². The smallest absolute Gasteiger partial charge is 0.183 e. The first-order valence-corrected chi connectivity index (χ1v) is 6.33. The molecule has 0 fully saturated rings. The molecule has 1 atom stereocenters. The van der Waals surface area contributed by atoms with Gasteiger partial charge >= 0.3 is 0 Å². The molecule has 0 aliphatic carbocycles. The van der Waals surface area contributed by atoms with E-state index in [1.165, 1.54) is 0 Å². The van der Waals surface area contributed by atoms with Gasteiger partial charge in [-0.15, -0.1) is 5.10 Å². The minimum atomic E-state index is 0.172. The molecular weight excluding hydrogens is 273 g/mol. The highest BCUT2D eigenvalue weighted by molar-refractivity contribution is 6.43. The first-order valence-electron chi connectivity index (χ1n) is 5.57. The minimum absolute atomic E-state index is 0.172. The van der Waals surface area contributed by atoms with Crippen molar-refractivity contribution in [2.45, 2.75) is 26.3 Å². The summed E-state index contributed by atoms with van der Waals surface area (Å²) in [6.07, 6.45) is 0.908. The second-order valence-electron chi connectivity index (χ2n) is 4.07. The molecule has 96 valence electrons. The Morgan fingerprint density at radius 3 is 2.78 bits per heavy atom. The van der Waals surface area contributed by atoms with Crippen LogP contribution in [0.2, 0.25) is 10.0 Å². The predicted octanol–water partition coefficient (Wildman–Crippen LogP) is 3.20. The van der Waals surface area contributed by atoms with Crippen LogP contribution in [-0.4, -0.2) is 20.2 Å². The van der Waals surface area contributed by atoms with Gasteiger partial charge in [-0.3, -0.25) is 0 Å². The number of nitrogens with zero attached hydrogens (tertiary/aromatic N) is 4. The van der Waals surface area contributed by atoms with E-state index < -0.39 is 0 Å². The normalized spacial score (nSPS) is 12.7. The molecule has 2 rings (SSSR count). The average Bonchev–Trinajstić information content (AvgIpc) is 2.81. The molecule has 0 saturated carbocycles. The molecule has 0 saturated heterocycles. The maximum Gasteiger partial charge on any atom is 0.183 e. The third kappa shape index (κ3) is 2.28. The summed E-state index contributed by atoms with van der Waals surface area (Å²) in [6.45, 7) is 4.09. The van der Waals surface area contributed by atoms with E-state index in [0.29, 0.717) is 27.1 Å². The highest BCUT2D eigenvalue weighted by Crippen LogP contribution is 2.35. The van der Waals surface area contributed by atoms with E-state index >= 15 is 0 Å². The molecule has 0 spiro atoms. The molecule has 2 aromatic rings. The van der Waals surface area contributed by atoms with E-state index in [4.69, 9.17) is 28.9 Å². The first-order chi connectivity index (χ1) is 8.54. The SMILES string of the molecule is CCC(C)n1nnnc1-c1cc(N)cc(Cl)c1Cl. The number of rotatable bonds is 3. The van der Waals surface area contributed by atoms with Crippen LogP contribution in [0.4, 0.5) is 5.69 Å². The zero-order valence-corrected chi connectivity index (χ0v) is 11.6. The second kappa shape index (κ2) is 5.12. The Balaban J connectivity index is 2.59. The number of hydrogen-bond acceptors (Lipinski definition) is 4. The van der Waals surface area contributed by atoms with Gasteiger partial charge in [0, 0.05) is 11.3 Å². The van der Waals surface area contributed by atoms with Gasteiger partial charge in [0.2, 0.25) is 0 Å². The Kier molecular flexibility index (Phi) is 3.73. The third-order valence-electron chi connectivity index (χ3n) is 2.79. The average molecular weight is 286 g/mol. The van der Waals surface area contributed by atoms with E-state index in [2.05, 4.69) is 22.4 Å². The zero-order chi connectivity index (χ0) is 13.3. The molecular formula is C11H13Cl2N5. The summed E-state index contributed by atoms with van der Waals surface area (Å²) >= 11 is 12.2. The van der Waals surface area contributed by atoms with Crippen LogP contribution in [0.15, 0.2) is 12.1 Å². The van der Waals surface area contributed by atoms with Crippen molar-refractivity contribution in [3.8, 4) is 11.4 Å². The fraction of sp³-hybridized carbons (Fsp3) is 0.364. The van der Waals surface area contributed by atoms with Crippen LogP contribution in [0, 0.1) is 0 Å². The first kappa shape index (κ1) is 13.1. The van der Waals surface area contributed by atoms with E-state index in [-0.39, 0.29) is 6.04 Å². The van der Waals surface area contributed by atoms with Gasteiger partial charge < -0.3 is 5.73 Å². The molecule has 1 unspecified atom stereocenters. The Bertz CT molecular complexity index is 567. The summed E-state index contributed by atoms with van der Waals surface area (Å²) in [5, 5.41) is 12.5. The van der Waals surface area contributed by atoms with Crippen LogP contribution >= 0.6 is 23.2 Å². The van der Waals surface area contributed by atoms with Crippen molar-refractivity contribution in [2.75, 3.05) is 5.73 Å². The number of aromatic nitrogens is 4. The maximum absolute atomic E-state index is 6.18. The standard InChI is InChI=1S/C11H13Cl2N5/c1-3-6(2)18-11(15-16-17-18)8-4-7(14)5-9(12)10(8)13/h4-6H,3,14H2,1-2H3. The van der Waals surface area contributed by atoms with Crippen molar-refractivity contribution in [2.24, 2.45) is 0 Å². The Labute approximate surface area is 115 Å². The summed E-state index contributed by atoms with van der Waals surface area (Å²) in [4.78, 5) is 0. The highest BCUT2D eigenvalue weighted by Gasteiger charge is 2.18. The van der Waals surface area contributed by atoms with Gasteiger partial charge in [-0.05, 0) is 35.9 Å². The molecule has 0 aliphatic rings. The van der Waals surface area contributed by atoms with Crippen LogP contribution in [0.5, 0.6) is 0 Å². The molecule has 0 aliphatic heterocycles. The summed E-state index contributed by atoms with van der Waals surface area (Å²) in [5.41, 5.74) is 6.94. The molecule has 2 N–H and O–H groups in total. The van der Waals surface area contributed by atoms with Crippen molar-refractivity contribution in [3.05, 3.63) is 22.2 Å². The van der Waals surface area contributed by atoms with Gasteiger partial charge in [0.15, 0.2) is 5.82 Å². The van der Waals surface area contributed by atoms with Crippen LogP contribution < -0.4 is 5.73 Å². The van der Waals surface area contributed by atoms with Crippen LogP contribution in [-0.2, 0) is 0 Å². The lowest BCUT2D eigenvalue weighted by Gasteiger charge is -2.12. The van der Waals surface area contributed by atoms with E-state index in [0.717, 1.165) is 6.42 Å². The molecule has 0 bridgehead atoms. The Morgan fingerprint density at radius 1 is 1.39 bits per heavy atom. The fourth-order valence-electron chi connectivity index (χ4n) is 1.61. The molecule has 1 aromatic carbocycles. The number of tetrazole rings is 1. The van der Waals surface area contributed by atoms with Crippen molar-refractivity contribution in [1.29, 1.82) is 0 Å². The number of hydrogen-bond donors (Lipinski definition) is 1. The quantitative estimate of drug-likeness (QED) is 0.880. The van der Waals surface area contributed by atoms with Crippen LogP contribution in [0.25, 0.3) is 11.4 Å².